The van der Waals surface area contributed by atoms with Crippen molar-refractivity contribution >= 4 is 5.96 Å². The normalized spacial score (nSPS) is 9.89. The van der Waals surface area contributed by atoms with Crippen molar-refractivity contribution in [2.45, 2.75) is 27.7 Å². The molecule has 0 saturated heterocycles. The molecule has 0 aliphatic carbocycles. The lowest BCUT2D eigenvalue weighted by Crippen LogP contribution is -2.49. The molecule has 0 bridgehead atoms. The molecule has 0 fully saturated rings. The molecule has 0 heterocycles. The third-order valence-electron chi connectivity index (χ3n) is 2.65. The van der Waals surface area contributed by atoms with Crippen LogP contribution in [0, 0.1) is 0 Å². The van der Waals surface area contributed by atoms with Crippen LogP contribution >= 0.6 is 0 Å². The Bertz CT molecular complexity index is 299. The first kappa shape index (κ1) is 16.8. The first-order valence-electron chi connectivity index (χ1n) is 6.66. The quantitative estimate of drug-likeness (QED) is 0.311. The number of rotatable bonds is 6. The molecule has 0 aromatic rings. The molecule has 0 spiro atoms. The van der Waals surface area contributed by atoms with Crippen LogP contribution in [0.4, 0.5) is 0 Å². The van der Waals surface area contributed by atoms with Gasteiger partial charge in [-0.05, 0) is 38.8 Å². The van der Waals surface area contributed by atoms with Gasteiger partial charge in [0.25, 0.3) is 0 Å². The Morgan fingerprint density at radius 2 is 1.22 bits per heavy atom. The second-order valence-corrected chi connectivity index (χ2v) is 5.14. The van der Waals surface area contributed by atoms with E-state index in [4.69, 9.17) is 0 Å². The maximum absolute atomic E-state index is 4.02. The second kappa shape index (κ2) is 7.96. The molecule has 18 heavy (non-hydrogen) atoms. The van der Waals surface area contributed by atoms with Crippen LogP contribution in [0.25, 0.3) is 0 Å². The van der Waals surface area contributed by atoms with Crippen molar-refractivity contribution in [3.63, 3.8) is 0 Å². The monoisotopic (exact) mass is 252 g/mol. The fraction of sp³-hybridized carbons (Fsp3) is 0.667. The van der Waals surface area contributed by atoms with E-state index in [0.717, 1.165) is 26.2 Å². The van der Waals surface area contributed by atoms with E-state index < -0.39 is 0 Å². The summed E-state index contributed by atoms with van der Waals surface area (Å²) in [4.78, 5) is 4.71. The van der Waals surface area contributed by atoms with Gasteiger partial charge in [-0.2, -0.15) is 0 Å². The van der Waals surface area contributed by atoms with Crippen molar-refractivity contribution in [2.24, 2.45) is 0 Å². The highest BCUT2D eigenvalue weighted by molar-refractivity contribution is 5.75. The fourth-order valence-corrected chi connectivity index (χ4v) is 2.07. The average molecular weight is 252 g/mol. The van der Waals surface area contributed by atoms with E-state index in [1.54, 1.807) is 0 Å². The Morgan fingerprint density at radius 3 is 1.39 bits per heavy atom. The van der Waals surface area contributed by atoms with E-state index in [2.05, 4.69) is 69.3 Å². The van der Waals surface area contributed by atoms with E-state index in [1.807, 2.05) is 0 Å². The average Bonchev–Trinajstić information content (AvgIpc) is 2.24. The van der Waals surface area contributed by atoms with Crippen LogP contribution in [0.5, 0.6) is 0 Å². The fourth-order valence-electron chi connectivity index (χ4n) is 2.07. The molecule has 0 amide bonds. The molecule has 0 aliphatic heterocycles. The molecule has 104 valence electrons. The predicted molar refractivity (Wildman–Crippen MR) is 81.2 cm³/mol. The van der Waals surface area contributed by atoms with Gasteiger partial charge in [0, 0.05) is 0 Å². The molecule has 0 N–H and O–H groups in total. The lowest BCUT2D eigenvalue weighted by atomic mass is 10.3. The van der Waals surface area contributed by atoms with E-state index in [1.165, 1.54) is 17.1 Å². The predicted octanol–water partition coefficient (Wildman–Crippen LogP) is 2.41. The largest absolute Gasteiger partial charge is 0.350 e. The standard InChI is InChI=1S/C15H30N3/c1-9-17(11-13(3)4)15(16(7)8)18(10-2)12-14(5)6/h3,5,9-12H2,1-2,4,6-8H3/q+1. The van der Waals surface area contributed by atoms with Crippen LogP contribution in [-0.4, -0.2) is 60.6 Å². The molecule has 0 atom stereocenters. The Balaban J connectivity index is 5.20. The molecule has 3 heteroatoms. The van der Waals surface area contributed by atoms with E-state index in [9.17, 15) is 0 Å². The van der Waals surface area contributed by atoms with Gasteiger partial charge < -0.3 is 0 Å². The van der Waals surface area contributed by atoms with E-state index in [0.29, 0.717) is 0 Å². The molecule has 0 saturated carbocycles. The van der Waals surface area contributed by atoms with Gasteiger partial charge in [0.1, 0.15) is 0 Å². The Kier molecular flexibility index (Phi) is 7.41. The molecule has 3 nitrogen and oxygen atoms in total. The van der Waals surface area contributed by atoms with Gasteiger partial charge in [-0.15, -0.1) is 0 Å². The highest BCUT2D eigenvalue weighted by atomic mass is 15.4. The molecule has 0 unspecified atom stereocenters. The van der Waals surface area contributed by atoms with Crippen molar-refractivity contribution in [2.75, 3.05) is 40.3 Å². The first-order chi connectivity index (χ1) is 8.33. The summed E-state index contributed by atoms with van der Waals surface area (Å²) in [5.41, 5.74) is 2.37. The van der Waals surface area contributed by atoms with Crippen LogP contribution in [-0.2, 0) is 0 Å². The summed E-state index contributed by atoms with van der Waals surface area (Å²) in [5.74, 6) is 1.24. The topological polar surface area (TPSA) is 9.49 Å². The Labute approximate surface area is 113 Å². The van der Waals surface area contributed by atoms with Gasteiger partial charge in [0.2, 0.25) is 0 Å². The number of hydrogen-bond donors (Lipinski definition) is 0. The minimum atomic E-state index is 0.900. The maximum Gasteiger partial charge on any atom is 0.350 e. The van der Waals surface area contributed by atoms with Gasteiger partial charge in [0.15, 0.2) is 0 Å². The van der Waals surface area contributed by atoms with E-state index >= 15 is 0 Å². The number of guanidine groups is 1. The smallest absolute Gasteiger partial charge is 0.270 e. The van der Waals surface area contributed by atoms with Gasteiger partial charge in [-0.25, -0.2) is 0 Å². The van der Waals surface area contributed by atoms with E-state index in [-0.39, 0.29) is 0 Å². The summed E-state index contributed by atoms with van der Waals surface area (Å²) in [5, 5.41) is 0. The van der Waals surface area contributed by atoms with Crippen molar-refractivity contribution in [1.29, 1.82) is 0 Å². The third-order valence-corrected chi connectivity index (χ3v) is 2.65. The molecule has 0 radical (unpaired) electrons. The van der Waals surface area contributed by atoms with Gasteiger partial charge in [-0.1, -0.05) is 13.2 Å². The lowest BCUT2D eigenvalue weighted by molar-refractivity contribution is -0.476. The summed E-state index contributed by atoms with van der Waals surface area (Å²) in [7, 11) is 4.19. The van der Waals surface area contributed by atoms with Crippen molar-refractivity contribution in [3.8, 4) is 0 Å². The minimum absolute atomic E-state index is 0.900. The van der Waals surface area contributed by atoms with Gasteiger partial charge in [0.05, 0.1) is 40.3 Å². The van der Waals surface area contributed by atoms with Crippen LogP contribution in [0.15, 0.2) is 24.3 Å². The molecule has 0 aliphatic rings. The van der Waals surface area contributed by atoms with Crippen LogP contribution < -0.4 is 0 Å². The molecule has 0 aromatic heterocycles. The number of likely N-dealkylation sites (N-methyl/N-ethyl adjacent to an activating group) is 2. The van der Waals surface area contributed by atoms with Gasteiger partial charge >= 0.3 is 5.96 Å². The summed E-state index contributed by atoms with van der Waals surface area (Å²) < 4.78 is 2.18. The molecule has 0 rings (SSSR count). The summed E-state index contributed by atoms with van der Waals surface area (Å²) in [6.45, 7) is 20.3. The molecule has 0 aromatic carbocycles. The van der Waals surface area contributed by atoms with Gasteiger partial charge in [-0.3, -0.25) is 14.4 Å². The molecular weight excluding hydrogens is 222 g/mol. The molecular formula is C15H30N3+. The lowest BCUT2D eigenvalue weighted by Gasteiger charge is -2.28. The van der Waals surface area contributed by atoms with Crippen LogP contribution in [0.1, 0.15) is 27.7 Å². The second-order valence-electron chi connectivity index (χ2n) is 5.14. The highest BCUT2D eigenvalue weighted by Crippen LogP contribution is 2.05. The third kappa shape index (κ3) is 5.39. The number of hydrogen-bond acceptors (Lipinski definition) is 0. The zero-order valence-corrected chi connectivity index (χ0v) is 13.1. The SMILES string of the molecule is C=C(C)CN(CC)C(N(CC)CC(=C)C)=[N+](C)C. The zero-order chi connectivity index (χ0) is 14.3. The Hall–Kier alpha value is -1.25. The zero-order valence-electron chi connectivity index (χ0n) is 13.1. The summed E-state index contributed by atoms with van der Waals surface area (Å²) in [6.07, 6.45) is 0. The van der Waals surface area contributed by atoms with Crippen molar-refractivity contribution in [3.05, 3.63) is 24.3 Å². The highest BCUT2D eigenvalue weighted by Gasteiger charge is 2.25. The summed E-state index contributed by atoms with van der Waals surface area (Å²) >= 11 is 0. The maximum atomic E-state index is 4.02. The number of nitrogens with zero attached hydrogens (tertiary/aromatic N) is 3. The minimum Gasteiger partial charge on any atom is -0.270 e. The van der Waals surface area contributed by atoms with Crippen molar-refractivity contribution < 1.29 is 4.58 Å². The Morgan fingerprint density at radius 1 is 0.889 bits per heavy atom. The first-order valence-corrected chi connectivity index (χ1v) is 6.66. The summed E-state index contributed by atoms with van der Waals surface area (Å²) in [6, 6.07) is 0. The van der Waals surface area contributed by atoms with Crippen LogP contribution in [0.2, 0.25) is 0 Å². The van der Waals surface area contributed by atoms with Crippen molar-refractivity contribution in [1.82, 2.24) is 9.80 Å². The van der Waals surface area contributed by atoms with Crippen LogP contribution in [0.3, 0.4) is 0 Å².